The van der Waals surface area contributed by atoms with E-state index in [1.807, 2.05) is 6.20 Å². The molecule has 1 N–H and O–H groups in total. The lowest BCUT2D eigenvalue weighted by molar-refractivity contribution is 0.312. The predicted octanol–water partition coefficient (Wildman–Crippen LogP) is 1.48. The molecule has 2 aliphatic rings. The maximum atomic E-state index is 4.41. The van der Waals surface area contributed by atoms with E-state index < -0.39 is 0 Å². The van der Waals surface area contributed by atoms with Gasteiger partial charge in [-0.1, -0.05) is 6.92 Å². The van der Waals surface area contributed by atoms with Crippen molar-refractivity contribution < 1.29 is 0 Å². The summed E-state index contributed by atoms with van der Waals surface area (Å²) in [6.07, 6.45) is 8.15. The largest absolute Gasteiger partial charge is 0.312 e. The van der Waals surface area contributed by atoms with Crippen LogP contribution in [0.2, 0.25) is 0 Å². The van der Waals surface area contributed by atoms with Gasteiger partial charge < -0.3 is 5.32 Å². The summed E-state index contributed by atoms with van der Waals surface area (Å²) in [6, 6.07) is 0.740. The Morgan fingerprint density at radius 1 is 1.44 bits per heavy atom. The zero-order chi connectivity index (χ0) is 12.4. The van der Waals surface area contributed by atoms with Crippen molar-refractivity contribution in [3.63, 3.8) is 0 Å². The fraction of sp³-hybridized carbons (Fsp3) is 0.786. The first-order chi connectivity index (χ1) is 8.85. The minimum Gasteiger partial charge on any atom is -0.312 e. The Hall–Kier alpha value is -0.870. The Morgan fingerprint density at radius 2 is 2.39 bits per heavy atom. The molecule has 2 unspecified atom stereocenters. The minimum atomic E-state index is 0.740. The Labute approximate surface area is 109 Å². The van der Waals surface area contributed by atoms with Crippen molar-refractivity contribution >= 4 is 0 Å². The maximum absolute atomic E-state index is 4.41. The van der Waals surface area contributed by atoms with Crippen molar-refractivity contribution in [2.45, 2.75) is 45.3 Å². The van der Waals surface area contributed by atoms with Crippen LogP contribution in [-0.2, 0) is 13.1 Å². The molecule has 4 heteroatoms. The lowest BCUT2D eigenvalue weighted by Gasteiger charge is -2.24. The maximum Gasteiger partial charge on any atom is 0.0534 e. The van der Waals surface area contributed by atoms with Crippen LogP contribution >= 0.6 is 0 Å². The lowest BCUT2D eigenvalue weighted by Crippen LogP contribution is -2.40. The van der Waals surface area contributed by atoms with Gasteiger partial charge >= 0.3 is 0 Å². The number of aryl methyl sites for hydroxylation is 1. The number of hydrogen-bond donors (Lipinski definition) is 1. The van der Waals surface area contributed by atoms with E-state index in [4.69, 9.17) is 0 Å². The zero-order valence-electron chi connectivity index (χ0n) is 11.3. The second-order valence-corrected chi connectivity index (χ2v) is 5.77. The van der Waals surface area contributed by atoms with Crippen LogP contribution in [-0.4, -0.2) is 40.4 Å². The van der Waals surface area contributed by atoms with Gasteiger partial charge in [0.05, 0.1) is 6.20 Å². The third-order valence-electron chi connectivity index (χ3n) is 4.22. The summed E-state index contributed by atoms with van der Waals surface area (Å²) in [5.74, 6) is 0.879. The van der Waals surface area contributed by atoms with Crippen molar-refractivity contribution in [2.75, 3.05) is 19.6 Å². The summed E-state index contributed by atoms with van der Waals surface area (Å²) in [6.45, 7) is 7.98. The molecule has 2 fully saturated rings. The molecular weight excluding hydrogens is 224 g/mol. The second-order valence-electron chi connectivity index (χ2n) is 5.77. The molecule has 3 heterocycles. The molecule has 100 valence electrons. The van der Waals surface area contributed by atoms with Gasteiger partial charge in [0.25, 0.3) is 0 Å². The Morgan fingerprint density at radius 3 is 3.22 bits per heavy atom. The minimum absolute atomic E-state index is 0.740. The number of aromatic nitrogens is 2. The van der Waals surface area contributed by atoms with Crippen LogP contribution in [0.3, 0.4) is 0 Å². The van der Waals surface area contributed by atoms with E-state index in [0.717, 1.165) is 31.5 Å². The Balaban J connectivity index is 1.56. The SMILES string of the molecule is CCCn1cc(CN2CC3CCCNC3C2)cn1. The summed E-state index contributed by atoms with van der Waals surface area (Å²) in [5, 5.41) is 8.07. The molecule has 0 aliphatic carbocycles. The molecule has 0 spiro atoms. The van der Waals surface area contributed by atoms with Crippen molar-refractivity contribution in [3.05, 3.63) is 18.0 Å². The Bertz CT molecular complexity index is 373. The number of likely N-dealkylation sites (tertiary alicyclic amines) is 1. The smallest absolute Gasteiger partial charge is 0.0534 e. The quantitative estimate of drug-likeness (QED) is 0.876. The van der Waals surface area contributed by atoms with Gasteiger partial charge in [0.15, 0.2) is 0 Å². The molecule has 1 aromatic heterocycles. The normalized spacial score (nSPS) is 28.5. The fourth-order valence-corrected chi connectivity index (χ4v) is 3.36. The number of fused-ring (bicyclic) bond motifs is 1. The van der Waals surface area contributed by atoms with Crippen LogP contribution in [0.15, 0.2) is 12.4 Å². The standard InChI is InChI=1S/C14H24N4/c1-2-6-18-9-12(7-16-18)8-17-10-13-4-3-5-15-14(13)11-17/h7,9,13-15H,2-6,8,10-11H2,1H3. The highest BCUT2D eigenvalue weighted by molar-refractivity contribution is 5.05. The summed E-state index contributed by atoms with van der Waals surface area (Å²) in [7, 11) is 0. The van der Waals surface area contributed by atoms with E-state index in [0.29, 0.717) is 0 Å². The number of nitrogens with one attached hydrogen (secondary N) is 1. The van der Waals surface area contributed by atoms with Gasteiger partial charge in [-0.05, 0) is 31.7 Å². The molecule has 18 heavy (non-hydrogen) atoms. The molecule has 0 aromatic carbocycles. The van der Waals surface area contributed by atoms with E-state index in [-0.39, 0.29) is 0 Å². The van der Waals surface area contributed by atoms with Crippen LogP contribution < -0.4 is 5.32 Å². The summed E-state index contributed by atoms with van der Waals surface area (Å²) in [5.41, 5.74) is 1.36. The van der Waals surface area contributed by atoms with Crippen molar-refractivity contribution in [1.29, 1.82) is 0 Å². The van der Waals surface area contributed by atoms with Crippen molar-refractivity contribution in [1.82, 2.24) is 20.0 Å². The summed E-state index contributed by atoms with van der Waals surface area (Å²) >= 11 is 0. The molecule has 4 nitrogen and oxygen atoms in total. The lowest BCUT2D eigenvalue weighted by atomic mass is 9.94. The van der Waals surface area contributed by atoms with Crippen LogP contribution in [0.4, 0.5) is 0 Å². The van der Waals surface area contributed by atoms with E-state index in [9.17, 15) is 0 Å². The summed E-state index contributed by atoms with van der Waals surface area (Å²) < 4.78 is 2.07. The van der Waals surface area contributed by atoms with E-state index >= 15 is 0 Å². The second kappa shape index (κ2) is 5.41. The first-order valence-electron chi connectivity index (χ1n) is 7.32. The van der Waals surface area contributed by atoms with Crippen molar-refractivity contribution in [2.24, 2.45) is 5.92 Å². The molecule has 3 rings (SSSR count). The van der Waals surface area contributed by atoms with E-state index in [1.165, 1.54) is 38.0 Å². The molecule has 0 amide bonds. The number of piperidine rings is 1. The highest BCUT2D eigenvalue weighted by atomic mass is 15.3. The van der Waals surface area contributed by atoms with Gasteiger partial charge in [-0.3, -0.25) is 9.58 Å². The topological polar surface area (TPSA) is 33.1 Å². The third kappa shape index (κ3) is 2.59. The molecule has 2 aliphatic heterocycles. The van der Waals surface area contributed by atoms with Gasteiger partial charge in [0, 0.05) is 44.0 Å². The van der Waals surface area contributed by atoms with Crippen LogP contribution in [0, 0.1) is 5.92 Å². The first kappa shape index (κ1) is 12.2. The fourth-order valence-electron chi connectivity index (χ4n) is 3.36. The predicted molar refractivity (Wildman–Crippen MR) is 72.3 cm³/mol. The average Bonchev–Trinajstić information content (AvgIpc) is 2.96. The van der Waals surface area contributed by atoms with Gasteiger partial charge in [0.2, 0.25) is 0 Å². The molecule has 1 aromatic rings. The molecule has 0 saturated carbocycles. The number of nitrogens with zero attached hydrogens (tertiary/aromatic N) is 3. The first-order valence-corrected chi connectivity index (χ1v) is 7.32. The zero-order valence-corrected chi connectivity index (χ0v) is 11.3. The highest BCUT2D eigenvalue weighted by Gasteiger charge is 2.33. The van der Waals surface area contributed by atoms with Crippen LogP contribution in [0.1, 0.15) is 31.7 Å². The molecule has 0 bridgehead atoms. The molecular formula is C14H24N4. The van der Waals surface area contributed by atoms with Crippen LogP contribution in [0.25, 0.3) is 0 Å². The molecule has 2 saturated heterocycles. The van der Waals surface area contributed by atoms with Crippen LogP contribution in [0.5, 0.6) is 0 Å². The highest BCUT2D eigenvalue weighted by Crippen LogP contribution is 2.25. The van der Waals surface area contributed by atoms with Gasteiger partial charge in [-0.25, -0.2) is 0 Å². The van der Waals surface area contributed by atoms with E-state index in [1.54, 1.807) is 0 Å². The Kier molecular flexibility index (Phi) is 3.66. The average molecular weight is 248 g/mol. The van der Waals surface area contributed by atoms with E-state index in [2.05, 4.69) is 33.1 Å². The van der Waals surface area contributed by atoms with Crippen molar-refractivity contribution in [3.8, 4) is 0 Å². The van der Waals surface area contributed by atoms with Gasteiger partial charge in [-0.2, -0.15) is 5.10 Å². The monoisotopic (exact) mass is 248 g/mol. The molecule has 2 atom stereocenters. The summed E-state index contributed by atoms with van der Waals surface area (Å²) in [4.78, 5) is 2.58. The van der Waals surface area contributed by atoms with Gasteiger partial charge in [0.1, 0.15) is 0 Å². The third-order valence-corrected chi connectivity index (χ3v) is 4.22. The molecule has 0 radical (unpaired) electrons. The van der Waals surface area contributed by atoms with Gasteiger partial charge in [-0.15, -0.1) is 0 Å². The number of rotatable bonds is 4. The number of hydrogen-bond acceptors (Lipinski definition) is 3.